The average molecular weight is 510 g/mol. The van der Waals surface area contributed by atoms with Crippen molar-refractivity contribution in [1.29, 1.82) is 0 Å². The fourth-order valence-electron chi connectivity index (χ4n) is 4.69. The lowest BCUT2D eigenvalue weighted by Crippen LogP contribution is -2.12. The molecular weight excluding hydrogens is 486 g/mol. The van der Waals surface area contributed by atoms with Crippen LogP contribution in [-0.2, 0) is 13.1 Å². The van der Waals surface area contributed by atoms with Gasteiger partial charge in [0.2, 0.25) is 0 Å². The molecule has 0 spiro atoms. The minimum Gasteiger partial charge on any atom is -0.335 e. The zero-order valence-electron chi connectivity index (χ0n) is 20.8. The Hall–Kier alpha value is -5.28. The Bertz CT molecular complexity index is 1890. The third kappa shape index (κ3) is 4.51. The number of H-pyrrole nitrogens is 2. The molecule has 39 heavy (non-hydrogen) atoms. The minimum atomic E-state index is 0.636. The number of nitrogens with zero attached hydrogens (tertiary/aromatic N) is 6. The molecule has 0 saturated carbocycles. The Labute approximate surface area is 223 Å². The van der Waals surface area contributed by atoms with Crippen LogP contribution in [0, 0.1) is 0 Å². The normalized spacial score (nSPS) is 11.4. The lowest BCUT2D eigenvalue weighted by molar-refractivity contribution is 0.691. The van der Waals surface area contributed by atoms with Crippen LogP contribution in [-0.4, -0.2) is 40.1 Å². The monoisotopic (exact) mass is 509 g/mol. The van der Waals surface area contributed by atoms with Gasteiger partial charge in [-0.1, -0.05) is 36.4 Å². The molecule has 0 saturated heterocycles. The Balaban J connectivity index is 1.20. The molecule has 188 valence electrons. The quantitative estimate of drug-likeness (QED) is 0.266. The molecule has 0 amide bonds. The summed E-state index contributed by atoms with van der Waals surface area (Å²) in [5.41, 5.74) is 8.94. The second-order valence-corrected chi connectivity index (χ2v) is 9.25. The van der Waals surface area contributed by atoms with Crippen LogP contribution in [0.5, 0.6) is 0 Å². The number of nitrogens with one attached hydrogen (secondary N) is 3. The molecule has 6 aromatic heterocycles. The standard InChI is InChI=1S/C30H23N9/c1-2-6-19(7-3-1)12-31-13-20-10-21(15-32-14-20)22-11-23-28(38-39-29(23)35-16-22)30-36-26-18-33-17-24(27(26)37-30)25-8-4-5-9-34-25/h1-11,14-18,31H,12-13H2,(H,36,37)(H,35,38,39). The van der Waals surface area contributed by atoms with Gasteiger partial charge in [0.1, 0.15) is 11.2 Å². The number of pyridine rings is 4. The highest BCUT2D eigenvalue weighted by atomic mass is 15.2. The van der Waals surface area contributed by atoms with Crippen molar-refractivity contribution >= 4 is 22.1 Å². The Morgan fingerprint density at radius 3 is 2.49 bits per heavy atom. The van der Waals surface area contributed by atoms with Crippen molar-refractivity contribution in [3.63, 3.8) is 0 Å². The fourth-order valence-corrected chi connectivity index (χ4v) is 4.69. The molecule has 0 fully saturated rings. The number of rotatable bonds is 7. The summed E-state index contributed by atoms with van der Waals surface area (Å²) in [6.07, 6.45) is 10.9. The number of hydrogen-bond donors (Lipinski definition) is 3. The number of aromatic nitrogens is 8. The summed E-state index contributed by atoms with van der Waals surface area (Å²) >= 11 is 0. The molecule has 9 nitrogen and oxygen atoms in total. The molecule has 7 aromatic rings. The van der Waals surface area contributed by atoms with Crippen LogP contribution in [0.2, 0.25) is 0 Å². The van der Waals surface area contributed by atoms with Crippen molar-refractivity contribution < 1.29 is 0 Å². The fraction of sp³-hybridized carbons (Fsp3) is 0.0667. The first kappa shape index (κ1) is 22.9. The number of fused-ring (bicyclic) bond motifs is 2. The first-order valence-corrected chi connectivity index (χ1v) is 12.6. The molecule has 1 aromatic carbocycles. The molecule has 0 radical (unpaired) electrons. The summed E-state index contributed by atoms with van der Waals surface area (Å²) in [5, 5.41) is 11.9. The zero-order chi connectivity index (χ0) is 26.0. The lowest BCUT2D eigenvalue weighted by Gasteiger charge is -2.07. The van der Waals surface area contributed by atoms with Crippen LogP contribution in [0.4, 0.5) is 0 Å². The smallest absolute Gasteiger partial charge is 0.159 e. The highest BCUT2D eigenvalue weighted by molar-refractivity contribution is 5.96. The van der Waals surface area contributed by atoms with Gasteiger partial charge in [-0.25, -0.2) is 9.97 Å². The Morgan fingerprint density at radius 1 is 0.744 bits per heavy atom. The van der Waals surface area contributed by atoms with E-state index in [1.807, 2.05) is 55.0 Å². The van der Waals surface area contributed by atoms with E-state index in [4.69, 9.17) is 4.98 Å². The molecule has 0 aliphatic heterocycles. The van der Waals surface area contributed by atoms with Gasteiger partial charge in [-0.3, -0.25) is 20.1 Å². The van der Waals surface area contributed by atoms with Gasteiger partial charge in [0, 0.05) is 60.8 Å². The SMILES string of the molecule is c1ccc(CNCc2cncc(-c3cnc4[nH]nc(-c5nc6c(-c7ccccn7)cncc6[nH]5)c4c3)c2)cc1. The van der Waals surface area contributed by atoms with E-state index in [0.717, 1.165) is 50.9 Å². The third-order valence-corrected chi connectivity index (χ3v) is 6.61. The van der Waals surface area contributed by atoms with Gasteiger partial charge in [-0.2, -0.15) is 5.10 Å². The average Bonchev–Trinajstić information content (AvgIpc) is 3.62. The molecule has 0 aliphatic rings. The van der Waals surface area contributed by atoms with Gasteiger partial charge in [0.25, 0.3) is 0 Å². The van der Waals surface area contributed by atoms with E-state index in [1.54, 1.807) is 18.6 Å². The van der Waals surface area contributed by atoms with E-state index in [1.165, 1.54) is 5.56 Å². The van der Waals surface area contributed by atoms with Gasteiger partial charge in [-0.05, 0) is 35.4 Å². The summed E-state index contributed by atoms with van der Waals surface area (Å²) in [6.45, 7) is 1.51. The predicted molar refractivity (Wildman–Crippen MR) is 150 cm³/mol. The van der Waals surface area contributed by atoms with Crippen molar-refractivity contribution in [2.75, 3.05) is 0 Å². The van der Waals surface area contributed by atoms with Gasteiger partial charge in [-0.15, -0.1) is 0 Å². The maximum absolute atomic E-state index is 4.89. The van der Waals surface area contributed by atoms with E-state index in [9.17, 15) is 0 Å². The minimum absolute atomic E-state index is 0.636. The van der Waals surface area contributed by atoms with E-state index in [-0.39, 0.29) is 0 Å². The number of benzene rings is 1. The van der Waals surface area contributed by atoms with Gasteiger partial charge < -0.3 is 10.3 Å². The number of aromatic amines is 2. The summed E-state index contributed by atoms with van der Waals surface area (Å²) in [7, 11) is 0. The second-order valence-electron chi connectivity index (χ2n) is 9.25. The van der Waals surface area contributed by atoms with E-state index in [0.29, 0.717) is 23.7 Å². The summed E-state index contributed by atoms with van der Waals surface area (Å²) < 4.78 is 0. The summed E-state index contributed by atoms with van der Waals surface area (Å²) in [6, 6.07) is 20.4. The first-order valence-electron chi connectivity index (χ1n) is 12.6. The Kier molecular flexibility index (Phi) is 5.80. The molecule has 0 unspecified atom stereocenters. The summed E-state index contributed by atoms with van der Waals surface area (Å²) in [4.78, 5) is 26.2. The van der Waals surface area contributed by atoms with Gasteiger partial charge in [0.05, 0.1) is 22.8 Å². The van der Waals surface area contributed by atoms with Crippen molar-refractivity contribution in [3.05, 3.63) is 109 Å². The molecule has 0 aliphatic carbocycles. The number of imidazole rings is 1. The highest BCUT2D eigenvalue weighted by Gasteiger charge is 2.17. The maximum atomic E-state index is 4.89. The van der Waals surface area contributed by atoms with Crippen molar-refractivity contribution in [2.45, 2.75) is 13.1 Å². The van der Waals surface area contributed by atoms with E-state index >= 15 is 0 Å². The molecule has 7 rings (SSSR count). The molecule has 6 heterocycles. The molecule has 0 bridgehead atoms. The van der Waals surface area contributed by atoms with E-state index in [2.05, 4.69) is 64.7 Å². The molecule has 3 N–H and O–H groups in total. The van der Waals surface area contributed by atoms with Crippen LogP contribution in [0.15, 0.2) is 97.8 Å². The van der Waals surface area contributed by atoms with Crippen LogP contribution < -0.4 is 5.32 Å². The topological polar surface area (TPSA) is 121 Å². The van der Waals surface area contributed by atoms with Crippen molar-refractivity contribution in [1.82, 2.24) is 45.4 Å². The Morgan fingerprint density at radius 2 is 1.59 bits per heavy atom. The first-order chi connectivity index (χ1) is 19.3. The van der Waals surface area contributed by atoms with Crippen LogP contribution in [0.1, 0.15) is 11.1 Å². The molecule has 9 heteroatoms. The zero-order valence-corrected chi connectivity index (χ0v) is 20.8. The molecule has 0 atom stereocenters. The van der Waals surface area contributed by atoms with Crippen LogP contribution >= 0.6 is 0 Å². The van der Waals surface area contributed by atoms with Gasteiger partial charge >= 0.3 is 0 Å². The maximum Gasteiger partial charge on any atom is 0.159 e. The lowest BCUT2D eigenvalue weighted by atomic mass is 10.1. The second kappa shape index (κ2) is 9.88. The summed E-state index contributed by atoms with van der Waals surface area (Å²) in [5.74, 6) is 0.636. The van der Waals surface area contributed by atoms with Crippen molar-refractivity contribution in [3.8, 4) is 33.9 Å². The van der Waals surface area contributed by atoms with Crippen LogP contribution in [0.3, 0.4) is 0 Å². The van der Waals surface area contributed by atoms with E-state index < -0.39 is 0 Å². The molecular formula is C30H23N9. The van der Waals surface area contributed by atoms with Gasteiger partial charge in [0.15, 0.2) is 11.5 Å². The largest absolute Gasteiger partial charge is 0.335 e. The van der Waals surface area contributed by atoms with Crippen molar-refractivity contribution in [2.24, 2.45) is 0 Å². The van der Waals surface area contributed by atoms with Crippen LogP contribution in [0.25, 0.3) is 56.0 Å². The number of hydrogen-bond acceptors (Lipinski definition) is 7. The highest BCUT2D eigenvalue weighted by Crippen LogP contribution is 2.31. The predicted octanol–water partition coefficient (Wildman–Crippen LogP) is 5.31. The third-order valence-electron chi connectivity index (χ3n) is 6.61.